The fourth-order valence-corrected chi connectivity index (χ4v) is 1.85. The molecule has 2 unspecified atom stereocenters. The lowest BCUT2D eigenvalue weighted by Gasteiger charge is -1.96. The zero-order valence-corrected chi connectivity index (χ0v) is 5.77. The Labute approximate surface area is 58.3 Å². The molecule has 0 spiro atoms. The van der Waals surface area contributed by atoms with Crippen molar-refractivity contribution in [1.29, 1.82) is 0 Å². The van der Waals surface area contributed by atoms with Gasteiger partial charge in [0.1, 0.15) is 0 Å². The average molecular weight is 164 g/mol. The van der Waals surface area contributed by atoms with Crippen LogP contribution in [0.15, 0.2) is 0 Å². The molecule has 1 saturated heterocycles. The number of rotatable bonds is 0. The van der Waals surface area contributed by atoms with E-state index in [4.69, 9.17) is 6.42 Å². The summed E-state index contributed by atoms with van der Waals surface area (Å²) in [7, 11) is -3.67. The van der Waals surface area contributed by atoms with Crippen molar-refractivity contribution in [2.45, 2.75) is 6.36 Å². The van der Waals surface area contributed by atoms with Gasteiger partial charge >= 0.3 is 0 Å². The quantitative estimate of drug-likeness (QED) is 0.370. The molecule has 56 valence electrons. The summed E-state index contributed by atoms with van der Waals surface area (Å²) in [5.74, 6) is 0.638. The van der Waals surface area contributed by atoms with Gasteiger partial charge in [-0.15, -0.1) is 6.42 Å². The van der Waals surface area contributed by atoms with E-state index in [2.05, 4.69) is 4.18 Å². The van der Waals surface area contributed by atoms with Crippen molar-refractivity contribution >= 4 is 10.1 Å². The molecule has 0 aromatic carbocycles. The van der Waals surface area contributed by atoms with Crippen LogP contribution < -0.4 is 0 Å². The molecule has 1 fully saturated rings. The third-order valence-corrected chi connectivity index (χ3v) is 2.40. The minimum atomic E-state index is -3.67. The Hall–Kier alpha value is -0.600. The third-order valence-electron chi connectivity index (χ3n) is 1.15. The van der Waals surface area contributed by atoms with E-state index in [1.165, 1.54) is 0 Å². The lowest BCUT2D eigenvalue weighted by molar-refractivity contribution is 0.0710. The Balaban J connectivity index is 2.83. The van der Waals surface area contributed by atoms with Crippen LogP contribution in [-0.2, 0) is 14.3 Å². The van der Waals surface area contributed by atoms with E-state index < -0.39 is 28.1 Å². The van der Waals surface area contributed by atoms with Gasteiger partial charge in [-0.3, -0.25) is 0 Å². The minimum absolute atomic E-state index is 0.412. The molecule has 5 heteroatoms. The second-order valence-electron chi connectivity index (χ2n) is 1.94. The van der Waals surface area contributed by atoms with E-state index in [1.54, 1.807) is 0 Å². The van der Waals surface area contributed by atoms with Crippen molar-refractivity contribution in [1.82, 2.24) is 0 Å². The van der Waals surface area contributed by atoms with Crippen molar-refractivity contribution in [2.24, 2.45) is 5.92 Å². The molecule has 1 rings (SSSR count). The van der Waals surface area contributed by atoms with E-state index in [9.17, 15) is 12.8 Å². The summed E-state index contributed by atoms with van der Waals surface area (Å²) >= 11 is 0. The zero-order valence-electron chi connectivity index (χ0n) is 4.95. The molecule has 1 heterocycles. The summed E-state index contributed by atoms with van der Waals surface area (Å²) in [5, 5.41) is 0. The molecule has 1 aliphatic heterocycles. The molecule has 0 aliphatic carbocycles. The van der Waals surface area contributed by atoms with E-state index in [0.29, 0.717) is 0 Å². The molecule has 0 saturated carbocycles. The average Bonchev–Trinajstić information content (AvgIpc) is 2.05. The Morgan fingerprint density at radius 2 is 2.30 bits per heavy atom. The highest BCUT2D eigenvalue weighted by molar-refractivity contribution is 7.86. The first-order chi connectivity index (χ1) is 4.55. The van der Waals surface area contributed by atoms with Crippen LogP contribution in [0.2, 0.25) is 0 Å². The SMILES string of the molecule is C#CC1CS(=O)(=O)OC1F. The molecule has 0 bridgehead atoms. The Bertz CT molecular complexity index is 263. The molecule has 0 aromatic rings. The van der Waals surface area contributed by atoms with Crippen molar-refractivity contribution < 1.29 is 17.0 Å². The van der Waals surface area contributed by atoms with E-state index in [-0.39, 0.29) is 0 Å². The fourth-order valence-electron chi connectivity index (χ4n) is 0.666. The lowest BCUT2D eigenvalue weighted by Crippen LogP contribution is -2.08. The summed E-state index contributed by atoms with van der Waals surface area (Å²) in [6, 6.07) is 0. The predicted molar refractivity (Wildman–Crippen MR) is 32.1 cm³/mol. The van der Waals surface area contributed by atoms with Crippen molar-refractivity contribution in [2.75, 3.05) is 5.75 Å². The van der Waals surface area contributed by atoms with Crippen molar-refractivity contribution in [3.63, 3.8) is 0 Å². The molecule has 1 aliphatic rings. The molecular weight excluding hydrogens is 159 g/mol. The maximum atomic E-state index is 12.3. The molecular formula is C5H5FO3S. The number of hydrogen-bond donors (Lipinski definition) is 0. The maximum absolute atomic E-state index is 12.3. The van der Waals surface area contributed by atoms with Crippen molar-refractivity contribution in [3.05, 3.63) is 0 Å². The summed E-state index contributed by atoms with van der Waals surface area (Å²) < 4.78 is 37.2. The van der Waals surface area contributed by atoms with E-state index >= 15 is 0 Å². The van der Waals surface area contributed by atoms with Gasteiger partial charge in [0.15, 0.2) is 0 Å². The highest BCUT2D eigenvalue weighted by Gasteiger charge is 2.37. The second kappa shape index (κ2) is 2.22. The zero-order chi connectivity index (χ0) is 7.78. The number of halogens is 1. The van der Waals surface area contributed by atoms with Gasteiger partial charge in [-0.05, 0) is 0 Å². The molecule has 0 radical (unpaired) electrons. The molecule has 0 N–H and O–H groups in total. The van der Waals surface area contributed by atoms with Crippen LogP contribution in [0.4, 0.5) is 4.39 Å². The lowest BCUT2D eigenvalue weighted by atomic mass is 10.2. The molecule has 0 amide bonds. The number of hydrogen-bond acceptors (Lipinski definition) is 3. The number of terminal acetylenes is 1. The van der Waals surface area contributed by atoms with Gasteiger partial charge in [-0.1, -0.05) is 5.92 Å². The van der Waals surface area contributed by atoms with Gasteiger partial charge in [0.2, 0.25) is 6.36 Å². The van der Waals surface area contributed by atoms with Crippen LogP contribution in [-0.4, -0.2) is 20.5 Å². The topological polar surface area (TPSA) is 43.4 Å². The van der Waals surface area contributed by atoms with Crippen LogP contribution in [0.3, 0.4) is 0 Å². The van der Waals surface area contributed by atoms with E-state index in [0.717, 1.165) is 0 Å². The summed E-state index contributed by atoms with van der Waals surface area (Å²) in [6.07, 6.45) is 2.96. The first-order valence-corrected chi connectivity index (χ1v) is 4.14. The van der Waals surface area contributed by atoms with E-state index in [1.807, 2.05) is 5.92 Å². The second-order valence-corrected chi connectivity index (χ2v) is 3.59. The largest absolute Gasteiger partial charge is 0.271 e. The monoisotopic (exact) mass is 164 g/mol. The Kier molecular flexibility index (Phi) is 1.67. The van der Waals surface area contributed by atoms with Gasteiger partial charge in [0, 0.05) is 0 Å². The molecule has 2 atom stereocenters. The maximum Gasteiger partial charge on any atom is 0.271 e. The van der Waals surface area contributed by atoms with Gasteiger partial charge < -0.3 is 0 Å². The standard InChI is InChI=1S/C5H5FO3S/c1-2-4-3-10(7,8)9-5(4)6/h1,4-5H,3H2. The summed E-state index contributed by atoms with van der Waals surface area (Å²) in [6.45, 7) is 0. The highest BCUT2D eigenvalue weighted by Crippen LogP contribution is 2.22. The summed E-state index contributed by atoms with van der Waals surface area (Å²) in [4.78, 5) is 0. The van der Waals surface area contributed by atoms with Crippen LogP contribution in [0.5, 0.6) is 0 Å². The molecule has 10 heavy (non-hydrogen) atoms. The minimum Gasteiger partial charge on any atom is -0.232 e. The van der Waals surface area contributed by atoms with Gasteiger partial charge in [-0.25, -0.2) is 8.57 Å². The van der Waals surface area contributed by atoms with Crippen molar-refractivity contribution in [3.8, 4) is 12.3 Å². The number of alkyl halides is 1. The Morgan fingerprint density at radius 1 is 1.70 bits per heavy atom. The molecule has 0 aromatic heterocycles. The first-order valence-electron chi connectivity index (χ1n) is 2.56. The first kappa shape index (κ1) is 7.51. The van der Waals surface area contributed by atoms with Gasteiger partial charge in [-0.2, -0.15) is 8.42 Å². The highest BCUT2D eigenvalue weighted by atomic mass is 32.2. The van der Waals surface area contributed by atoms with Gasteiger partial charge in [0.25, 0.3) is 10.1 Å². The van der Waals surface area contributed by atoms with Crippen LogP contribution >= 0.6 is 0 Å². The smallest absolute Gasteiger partial charge is 0.232 e. The predicted octanol–water partition coefficient (Wildman–Crippen LogP) is -0.109. The third kappa shape index (κ3) is 1.28. The summed E-state index contributed by atoms with van der Waals surface area (Å²) in [5.41, 5.74) is 0. The van der Waals surface area contributed by atoms with Crippen LogP contribution in [0, 0.1) is 18.3 Å². The normalized spacial score (nSPS) is 37.2. The molecule has 3 nitrogen and oxygen atoms in total. The fraction of sp³-hybridized carbons (Fsp3) is 0.600. The van der Waals surface area contributed by atoms with Crippen LogP contribution in [0.25, 0.3) is 0 Å². The Morgan fingerprint density at radius 3 is 2.50 bits per heavy atom. The van der Waals surface area contributed by atoms with Crippen LogP contribution in [0.1, 0.15) is 0 Å². The van der Waals surface area contributed by atoms with Gasteiger partial charge in [0.05, 0.1) is 11.7 Å².